The Hall–Kier alpha value is -1.46. The zero-order valence-electron chi connectivity index (χ0n) is 9.03. The highest BCUT2D eigenvalue weighted by Gasteiger charge is 2.29. The Morgan fingerprint density at radius 3 is 2.88 bits per heavy atom. The van der Waals surface area contributed by atoms with Gasteiger partial charge in [-0.15, -0.1) is 12.3 Å². The number of nitrogens with zero attached hydrogens (tertiary/aromatic N) is 1. The largest absolute Gasteiger partial charge is 0.311 e. The predicted molar refractivity (Wildman–Crippen MR) is 65.5 cm³/mol. The number of carbonyl (C=O) groups excluding carboxylic acids is 1. The number of hydrogen-bond donors (Lipinski definition) is 0. The Morgan fingerprint density at radius 2 is 2.31 bits per heavy atom. The van der Waals surface area contributed by atoms with Gasteiger partial charge in [-0.1, -0.05) is 11.6 Å². The SMILES string of the molecule is C#CC1CC(=O)N(c2ccc(Cl)c(C)c2)C1. The summed E-state index contributed by atoms with van der Waals surface area (Å²) >= 11 is 5.94. The van der Waals surface area contributed by atoms with Crippen molar-refractivity contribution in [3.8, 4) is 12.3 Å². The molecule has 1 heterocycles. The first-order valence-corrected chi connectivity index (χ1v) is 5.52. The molecular weight excluding hydrogens is 222 g/mol. The van der Waals surface area contributed by atoms with E-state index in [0.717, 1.165) is 11.3 Å². The molecule has 1 aromatic rings. The number of amides is 1. The molecule has 1 atom stereocenters. The van der Waals surface area contributed by atoms with E-state index in [1.165, 1.54) is 0 Å². The van der Waals surface area contributed by atoms with E-state index < -0.39 is 0 Å². The van der Waals surface area contributed by atoms with E-state index in [1.807, 2.05) is 25.1 Å². The van der Waals surface area contributed by atoms with E-state index in [0.29, 0.717) is 18.0 Å². The smallest absolute Gasteiger partial charge is 0.228 e. The molecule has 1 aliphatic heterocycles. The fourth-order valence-corrected chi connectivity index (χ4v) is 1.98. The molecule has 0 aromatic heterocycles. The Labute approximate surface area is 100 Å². The molecule has 1 aromatic carbocycles. The van der Waals surface area contributed by atoms with Crippen LogP contribution in [0, 0.1) is 25.2 Å². The minimum absolute atomic E-state index is 0.0310. The lowest BCUT2D eigenvalue weighted by molar-refractivity contribution is -0.117. The minimum atomic E-state index is 0.0310. The van der Waals surface area contributed by atoms with E-state index in [2.05, 4.69) is 5.92 Å². The fraction of sp³-hybridized carbons (Fsp3) is 0.308. The summed E-state index contributed by atoms with van der Waals surface area (Å²) in [6, 6.07) is 5.58. The highest BCUT2D eigenvalue weighted by molar-refractivity contribution is 6.31. The molecule has 0 N–H and O–H groups in total. The summed E-state index contributed by atoms with van der Waals surface area (Å²) in [7, 11) is 0. The summed E-state index contributed by atoms with van der Waals surface area (Å²) in [6.07, 6.45) is 5.78. The van der Waals surface area contributed by atoms with E-state index in [9.17, 15) is 4.79 Å². The van der Waals surface area contributed by atoms with Crippen LogP contribution in [0.5, 0.6) is 0 Å². The highest BCUT2D eigenvalue weighted by atomic mass is 35.5. The summed E-state index contributed by atoms with van der Waals surface area (Å²) in [5, 5.41) is 0.712. The molecule has 0 spiro atoms. The maximum Gasteiger partial charge on any atom is 0.228 e. The van der Waals surface area contributed by atoms with Crippen LogP contribution in [-0.2, 0) is 4.79 Å². The predicted octanol–water partition coefficient (Wildman–Crippen LogP) is 2.63. The quantitative estimate of drug-likeness (QED) is 0.683. The van der Waals surface area contributed by atoms with Gasteiger partial charge in [0.1, 0.15) is 0 Å². The zero-order chi connectivity index (χ0) is 11.7. The number of terminal acetylenes is 1. The monoisotopic (exact) mass is 233 g/mol. The first-order chi connectivity index (χ1) is 7.61. The second-order valence-corrected chi connectivity index (χ2v) is 4.41. The summed E-state index contributed by atoms with van der Waals surface area (Å²) in [5.74, 6) is 2.75. The van der Waals surface area contributed by atoms with E-state index >= 15 is 0 Å². The molecule has 1 saturated heterocycles. The standard InChI is InChI=1S/C13H12ClNO/c1-3-10-7-13(16)15(8-10)11-4-5-12(14)9(2)6-11/h1,4-6,10H,7-8H2,2H3. The third-order valence-corrected chi connectivity index (χ3v) is 3.24. The molecule has 0 aliphatic carbocycles. The van der Waals surface area contributed by atoms with Crippen LogP contribution < -0.4 is 4.90 Å². The van der Waals surface area contributed by atoms with Gasteiger partial charge >= 0.3 is 0 Å². The van der Waals surface area contributed by atoms with Crippen molar-refractivity contribution >= 4 is 23.2 Å². The number of benzene rings is 1. The van der Waals surface area contributed by atoms with Crippen LogP contribution in [0.15, 0.2) is 18.2 Å². The molecule has 1 amide bonds. The summed E-state index contributed by atoms with van der Waals surface area (Å²) in [4.78, 5) is 13.5. The van der Waals surface area contributed by atoms with Crippen molar-refractivity contribution in [3.05, 3.63) is 28.8 Å². The molecule has 0 saturated carbocycles. The van der Waals surface area contributed by atoms with Crippen molar-refractivity contribution < 1.29 is 4.79 Å². The van der Waals surface area contributed by atoms with Gasteiger partial charge in [-0.25, -0.2) is 0 Å². The van der Waals surface area contributed by atoms with E-state index in [4.69, 9.17) is 18.0 Å². The Kier molecular flexibility index (Phi) is 2.89. The van der Waals surface area contributed by atoms with Crippen LogP contribution in [0.2, 0.25) is 5.02 Å². The van der Waals surface area contributed by atoms with Crippen LogP contribution >= 0.6 is 11.6 Å². The van der Waals surface area contributed by atoms with Crippen LogP contribution in [0.25, 0.3) is 0 Å². The van der Waals surface area contributed by atoms with Gasteiger partial charge in [0.05, 0.1) is 0 Å². The molecule has 1 fully saturated rings. The Balaban J connectivity index is 2.29. The lowest BCUT2D eigenvalue weighted by Crippen LogP contribution is -2.24. The van der Waals surface area contributed by atoms with Crippen LogP contribution in [0.4, 0.5) is 5.69 Å². The molecular formula is C13H12ClNO. The molecule has 1 aliphatic rings. The van der Waals surface area contributed by atoms with Crippen LogP contribution in [-0.4, -0.2) is 12.5 Å². The number of halogens is 1. The normalized spacial score (nSPS) is 19.9. The van der Waals surface area contributed by atoms with Crippen molar-refractivity contribution in [3.63, 3.8) is 0 Å². The average molecular weight is 234 g/mol. The summed E-state index contributed by atoms with van der Waals surface area (Å²) in [5.41, 5.74) is 1.85. The molecule has 82 valence electrons. The zero-order valence-corrected chi connectivity index (χ0v) is 9.79. The maximum atomic E-state index is 11.7. The minimum Gasteiger partial charge on any atom is -0.311 e. The first kappa shape index (κ1) is 11.0. The maximum absolute atomic E-state index is 11.7. The van der Waals surface area contributed by atoms with Gasteiger partial charge in [-0.05, 0) is 30.7 Å². The molecule has 0 bridgehead atoms. The van der Waals surface area contributed by atoms with Crippen molar-refractivity contribution in [1.29, 1.82) is 0 Å². The van der Waals surface area contributed by atoms with Gasteiger partial charge in [0, 0.05) is 29.6 Å². The number of rotatable bonds is 1. The van der Waals surface area contributed by atoms with Crippen LogP contribution in [0.3, 0.4) is 0 Å². The van der Waals surface area contributed by atoms with Gasteiger partial charge in [-0.3, -0.25) is 4.79 Å². The fourth-order valence-electron chi connectivity index (χ4n) is 1.87. The average Bonchev–Trinajstić information content (AvgIpc) is 2.64. The van der Waals surface area contributed by atoms with Gasteiger partial charge < -0.3 is 4.90 Å². The van der Waals surface area contributed by atoms with E-state index in [-0.39, 0.29) is 11.8 Å². The van der Waals surface area contributed by atoms with Crippen molar-refractivity contribution in [2.24, 2.45) is 5.92 Å². The lowest BCUT2D eigenvalue weighted by Gasteiger charge is -2.16. The topological polar surface area (TPSA) is 20.3 Å². The molecule has 2 nitrogen and oxygen atoms in total. The lowest BCUT2D eigenvalue weighted by atomic mass is 10.1. The summed E-state index contributed by atoms with van der Waals surface area (Å²) in [6.45, 7) is 2.53. The van der Waals surface area contributed by atoms with Crippen molar-refractivity contribution in [2.45, 2.75) is 13.3 Å². The number of anilines is 1. The molecule has 16 heavy (non-hydrogen) atoms. The Bertz CT molecular complexity index is 475. The Morgan fingerprint density at radius 1 is 1.56 bits per heavy atom. The number of carbonyl (C=O) groups is 1. The second kappa shape index (κ2) is 4.19. The van der Waals surface area contributed by atoms with Gasteiger partial charge in [-0.2, -0.15) is 0 Å². The second-order valence-electron chi connectivity index (χ2n) is 4.01. The third kappa shape index (κ3) is 1.91. The van der Waals surface area contributed by atoms with Gasteiger partial charge in [0.15, 0.2) is 0 Å². The van der Waals surface area contributed by atoms with Crippen LogP contribution in [0.1, 0.15) is 12.0 Å². The van der Waals surface area contributed by atoms with Gasteiger partial charge in [0.25, 0.3) is 0 Å². The highest BCUT2D eigenvalue weighted by Crippen LogP contribution is 2.27. The number of hydrogen-bond acceptors (Lipinski definition) is 1. The van der Waals surface area contributed by atoms with Gasteiger partial charge in [0.2, 0.25) is 5.91 Å². The number of aryl methyl sites for hydroxylation is 1. The summed E-state index contributed by atoms with van der Waals surface area (Å²) < 4.78 is 0. The van der Waals surface area contributed by atoms with Crippen molar-refractivity contribution in [2.75, 3.05) is 11.4 Å². The molecule has 1 unspecified atom stereocenters. The molecule has 0 radical (unpaired) electrons. The molecule has 2 rings (SSSR count). The van der Waals surface area contributed by atoms with Crippen molar-refractivity contribution in [1.82, 2.24) is 0 Å². The first-order valence-electron chi connectivity index (χ1n) is 5.14. The third-order valence-electron chi connectivity index (χ3n) is 2.81. The van der Waals surface area contributed by atoms with E-state index in [1.54, 1.807) is 4.90 Å². The molecule has 3 heteroatoms.